The Kier molecular flexibility index (Phi) is 4.49. The Morgan fingerprint density at radius 2 is 2.09 bits per heavy atom. The number of hydrogen-bond acceptors (Lipinski definition) is 4. The van der Waals surface area contributed by atoms with Crippen molar-refractivity contribution >= 4 is 0 Å². The van der Waals surface area contributed by atoms with Gasteiger partial charge in [0.1, 0.15) is 18.0 Å². The van der Waals surface area contributed by atoms with Gasteiger partial charge in [0.2, 0.25) is 0 Å². The lowest BCUT2D eigenvalue weighted by Gasteiger charge is -2.24. The molecule has 6 heteroatoms. The smallest absolute Gasteiger partial charge is 0.141 e. The highest BCUT2D eigenvalue weighted by Crippen LogP contribution is 2.33. The second kappa shape index (κ2) is 6.54. The minimum Gasteiger partial charge on any atom is -0.392 e. The standard InChI is InChI=1S/C16H21FN4O/c1-2-7-21-16(18-11-19-21)10-20-9-14(22)8-15(20)12-3-5-13(17)6-4-12/h3-6,11,14-15,22H,2,7-10H2,1H3/t14-,15+/m1/s1. The van der Waals surface area contributed by atoms with Crippen LogP contribution in [0.2, 0.25) is 0 Å². The summed E-state index contributed by atoms with van der Waals surface area (Å²) in [5.41, 5.74) is 1.03. The van der Waals surface area contributed by atoms with E-state index < -0.39 is 0 Å². The first-order valence-corrected chi connectivity index (χ1v) is 7.71. The van der Waals surface area contributed by atoms with Gasteiger partial charge < -0.3 is 5.11 Å². The highest BCUT2D eigenvalue weighted by atomic mass is 19.1. The lowest BCUT2D eigenvalue weighted by molar-refractivity contribution is 0.170. The van der Waals surface area contributed by atoms with Crippen molar-refractivity contribution in [2.45, 2.75) is 45.0 Å². The van der Waals surface area contributed by atoms with Crippen molar-refractivity contribution < 1.29 is 9.50 Å². The first kappa shape index (κ1) is 15.1. The van der Waals surface area contributed by atoms with Gasteiger partial charge in [-0.3, -0.25) is 4.90 Å². The summed E-state index contributed by atoms with van der Waals surface area (Å²) in [5.74, 6) is 0.666. The molecule has 2 aromatic rings. The number of nitrogens with zero attached hydrogens (tertiary/aromatic N) is 4. The molecule has 118 valence electrons. The molecule has 0 aliphatic carbocycles. The highest BCUT2D eigenvalue weighted by molar-refractivity contribution is 5.21. The second-order valence-corrected chi connectivity index (χ2v) is 5.79. The van der Waals surface area contributed by atoms with Gasteiger partial charge in [0, 0.05) is 19.1 Å². The molecule has 0 bridgehead atoms. The van der Waals surface area contributed by atoms with Crippen molar-refractivity contribution in [1.82, 2.24) is 19.7 Å². The Bertz CT molecular complexity index is 613. The van der Waals surface area contributed by atoms with E-state index in [1.54, 1.807) is 18.5 Å². The van der Waals surface area contributed by atoms with Crippen LogP contribution in [0.1, 0.15) is 37.2 Å². The molecule has 1 aromatic carbocycles. The zero-order chi connectivity index (χ0) is 15.5. The fraction of sp³-hybridized carbons (Fsp3) is 0.500. The molecule has 22 heavy (non-hydrogen) atoms. The molecule has 1 N–H and O–H groups in total. The van der Waals surface area contributed by atoms with Crippen molar-refractivity contribution in [2.75, 3.05) is 6.54 Å². The van der Waals surface area contributed by atoms with E-state index in [2.05, 4.69) is 21.9 Å². The van der Waals surface area contributed by atoms with Gasteiger partial charge in [0.25, 0.3) is 0 Å². The molecule has 5 nitrogen and oxygen atoms in total. The minimum atomic E-state index is -0.363. The molecular weight excluding hydrogens is 283 g/mol. The second-order valence-electron chi connectivity index (χ2n) is 5.79. The maximum atomic E-state index is 13.1. The van der Waals surface area contributed by atoms with Crippen LogP contribution in [0, 0.1) is 5.82 Å². The fourth-order valence-corrected chi connectivity index (χ4v) is 3.08. The van der Waals surface area contributed by atoms with Gasteiger partial charge in [-0.2, -0.15) is 5.10 Å². The summed E-state index contributed by atoms with van der Waals surface area (Å²) in [6.07, 6.45) is 2.87. The third kappa shape index (κ3) is 3.18. The van der Waals surface area contributed by atoms with E-state index in [1.165, 1.54) is 12.1 Å². The molecular formula is C16H21FN4O. The zero-order valence-corrected chi connectivity index (χ0v) is 12.7. The van der Waals surface area contributed by atoms with Crippen LogP contribution in [0.25, 0.3) is 0 Å². The van der Waals surface area contributed by atoms with Crippen LogP contribution in [0.5, 0.6) is 0 Å². The molecule has 0 amide bonds. The van der Waals surface area contributed by atoms with Gasteiger partial charge in [-0.05, 0) is 30.5 Å². The van der Waals surface area contributed by atoms with Gasteiger partial charge in [0.15, 0.2) is 0 Å². The Labute approximate surface area is 129 Å². The van der Waals surface area contributed by atoms with Crippen molar-refractivity contribution in [3.8, 4) is 0 Å². The third-order valence-electron chi connectivity index (χ3n) is 4.11. The van der Waals surface area contributed by atoms with E-state index in [4.69, 9.17) is 0 Å². The van der Waals surface area contributed by atoms with Crippen LogP contribution in [0.4, 0.5) is 4.39 Å². The molecule has 0 radical (unpaired) electrons. The Morgan fingerprint density at radius 3 is 2.82 bits per heavy atom. The number of halogens is 1. The van der Waals surface area contributed by atoms with E-state index >= 15 is 0 Å². The quantitative estimate of drug-likeness (QED) is 0.919. The maximum absolute atomic E-state index is 13.1. The van der Waals surface area contributed by atoms with Gasteiger partial charge in [0.05, 0.1) is 12.6 Å². The first-order chi connectivity index (χ1) is 10.7. The third-order valence-corrected chi connectivity index (χ3v) is 4.11. The molecule has 0 saturated carbocycles. The predicted octanol–water partition coefficient (Wildman–Crippen LogP) is 2.14. The van der Waals surface area contributed by atoms with Crippen LogP contribution >= 0.6 is 0 Å². The van der Waals surface area contributed by atoms with Crippen molar-refractivity contribution in [2.24, 2.45) is 0 Å². The predicted molar refractivity (Wildman–Crippen MR) is 80.5 cm³/mol. The lowest BCUT2D eigenvalue weighted by atomic mass is 10.0. The SMILES string of the molecule is CCCn1ncnc1CN1C[C@H](O)C[C@H]1c1ccc(F)cc1. The number of likely N-dealkylation sites (tertiary alicyclic amines) is 1. The number of aryl methyl sites for hydroxylation is 1. The Morgan fingerprint density at radius 1 is 1.32 bits per heavy atom. The largest absolute Gasteiger partial charge is 0.392 e. The van der Waals surface area contributed by atoms with E-state index in [9.17, 15) is 9.50 Å². The zero-order valence-electron chi connectivity index (χ0n) is 12.7. The van der Waals surface area contributed by atoms with E-state index in [0.717, 1.165) is 24.4 Å². The number of aliphatic hydroxyl groups excluding tert-OH is 1. The van der Waals surface area contributed by atoms with Gasteiger partial charge in [-0.15, -0.1) is 0 Å². The Balaban J connectivity index is 1.78. The molecule has 1 saturated heterocycles. The molecule has 1 aliphatic rings. The average molecular weight is 304 g/mol. The number of aromatic nitrogens is 3. The normalized spacial score (nSPS) is 22.3. The molecule has 2 heterocycles. The number of hydrogen-bond donors (Lipinski definition) is 1. The van der Waals surface area contributed by atoms with Gasteiger partial charge >= 0.3 is 0 Å². The minimum absolute atomic E-state index is 0.0855. The summed E-state index contributed by atoms with van der Waals surface area (Å²) in [5, 5.41) is 14.3. The van der Waals surface area contributed by atoms with Crippen molar-refractivity contribution in [3.63, 3.8) is 0 Å². The van der Waals surface area contributed by atoms with Crippen molar-refractivity contribution in [1.29, 1.82) is 0 Å². The number of aliphatic hydroxyl groups is 1. The molecule has 3 rings (SSSR count). The summed E-state index contributed by atoms with van der Waals surface area (Å²) in [6.45, 7) is 4.18. The van der Waals surface area contributed by atoms with Crippen LogP contribution in [-0.4, -0.2) is 37.4 Å². The lowest BCUT2D eigenvalue weighted by Crippen LogP contribution is -2.26. The van der Waals surface area contributed by atoms with E-state index in [0.29, 0.717) is 19.5 Å². The summed E-state index contributed by atoms with van der Waals surface area (Å²) in [6, 6.07) is 6.61. The fourth-order valence-electron chi connectivity index (χ4n) is 3.08. The van der Waals surface area contributed by atoms with Crippen LogP contribution in [0.15, 0.2) is 30.6 Å². The van der Waals surface area contributed by atoms with Crippen LogP contribution < -0.4 is 0 Å². The maximum Gasteiger partial charge on any atom is 0.141 e. The molecule has 1 aromatic heterocycles. The van der Waals surface area contributed by atoms with Crippen molar-refractivity contribution in [3.05, 3.63) is 47.8 Å². The van der Waals surface area contributed by atoms with Crippen LogP contribution in [-0.2, 0) is 13.1 Å². The van der Waals surface area contributed by atoms with Crippen LogP contribution in [0.3, 0.4) is 0 Å². The number of benzene rings is 1. The molecule has 1 aliphatic heterocycles. The summed E-state index contributed by atoms with van der Waals surface area (Å²) >= 11 is 0. The van der Waals surface area contributed by atoms with E-state index in [-0.39, 0.29) is 18.0 Å². The Hall–Kier alpha value is -1.79. The number of β-amino-alcohol motifs (C(OH)–C–C–N with tert-alkyl or cyclic N) is 1. The summed E-state index contributed by atoms with van der Waals surface area (Å²) in [4.78, 5) is 6.52. The van der Waals surface area contributed by atoms with E-state index in [1.807, 2.05) is 4.68 Å². The van der Waals surface area contributed by atoms with Gasteiger partial charge in [-0.25, -0.2) is 14.1 Å². The molecule has 2 atom stereocenters. The monoisotopic (exact) mass is 304 g/mol. The molecule has 0 unspecified atom stereocenters. The molecule has 1 fully saturated rings. The molecule has 0 spiro atoms. The topological polar surface area (TPSA) is 54.2 Å². The summed E-state index contributed by atoms with van der Waals surface area (Å²) in [7, 11) is 0. The first-order valence-electron chi connectivity index (χ1n) is 7.71. The highest BCUT2D eigenvalue weighted by Gasteiger charge is 2.32. The average Bonchev–Trinajstić information content (AvgIpc) is 3.08. The number of rotatable bonds is 5. The summed E-state index contributed by atoms with van der Waals surface area (Å²) < 4.78 is 15.0. The van der Waals surface area contributed by atoms with Gasteiger partial charge in [-0.1, -0.05) is 19.1 Å².